The quantitative estimate of drug-likeness (QED) is 0.482. The Kier molecular flexibility index (Phi) is 6.10. The highest BCUT2D eigenvalue weighted by Gasteiger charge is 2.10. The fourth-order valence-corrected chi connectivity index (χ4v) is 1.58. The van der Waals surface area contributed by atoms with Gasteiger partial charge in [-0.15, -0.1) is 0 Å². The van der Waals surface area contributed by atoms with Crippen LogP contribution in [0.25, 0.3) is 0 Å². The van der Waals surface area contributed by atoms with Gasteiger partial charge in [-0.3, -0.25) is 0 Å². The van der Waals surface area contributed by atoms with Gasteiger partial charge >= 0.3 is 0 Å². The first-order chi connectivity index (χ1) is 6.79. The van der Waals surface area contributed by atoms with Crippen molar-refractivity contribution in [2.45, 2.75) is 26.1 Å². The lowest BCUT2D eigenvalue weighted by atomic mass is 10.4. The topological polar surface area (TPSA) is 41.9 Å². The SMILES string of the molecule is CC(O)OCCOCCN1CCCC1. The highest BCUT2D eigenvalue weighted by atomic mass is 16.6. The summed E-state index contributed by atoms with van der Waals surface area (Å²) in [5, 5.41) is 8.80. The Balaban J connectivity index is 1.79. The predicted molar refractivity (Wildman–Crippen MR) is 54.1 cm³/mol. The second-order valence-corrected chi connectivity index (χ2v) is 3.63. The summed E-state index contributed by atoms with van der Waals surface area (Å²) in [7, 11) is 0. The van der Waals surface area contributed by atoms with Crippen LogP contribution in [0.1, 0.15) is 19.8 Å². The largest absolute Gasteiger partial charge is 0.378 e. The van der Waals surface area contributed by atoms with E-state index in [2.05, 4.69) is 4.90 Å². The Morgan fingerprint density at radius 3 is 2.57 bits per heavy atom. The molecule has 1 rings (SSSR count). The number of hydrogen-bond acceptors (Lipinski definition) is 4. The highest BCUT2D eigenvalue weighted by molar-refractivity contribution is 4.64. The van der Waals surface area contributed by atoms with E-state index in [1.807, 2.05) is 0 Å². The molecule has 1 N–H and O–H groups in total. The maximum atomic E-state index is 8.80. The summed E-state index contributed by atoms with van der Waals surface area (Å²) < 4.78 is 10.3. The molecule has 1 atom stereocenters. The summed E-state index contributed by atoms with van der Waals surface area (Å²) in [6.45, 7) is 6.86. The van der Waals surface area contributed by atoms with Crippen molar-refractivity contribution in [3.8, 4) is 0 Å². The van der Waals surface area contributed by atoms with Crippen molar-refractivity contribution in [1.29, 1.82) is 0 Å². The molecular formula is C10H21NO3. The number of ether oxygens (including phenoxy) is 2. The Bertz CT molecular complexity index is 135. The van der Waals surface area contributed by atoms with E-state index in [9.17, 15) is 0 Å². The maximum Gasteiger partial charge on any atom is 0.151 e. The Morgan fingerprint density at radius 2 is 1.93 bits per heavy atom. The van der Waals surface area contributed by atoms with Crippen molar-refractivity contribution < 1.29 is 14.6 Å². The minimum Gasteiger partial charge on any atom is -0.378 e. The van der Waals surface area contributed by atoms with Crippen molar-refractivity contribution in [3.63, 3.8) is 0 Å². The fourth-order valence-electron chi connectivity index (χ4n) is 1.58. The van der Waals surface area contributed by atoms with Crippen molar-refractivity contribution in [3.05, 3.63) is 0 Å². The molecule has 0 saturated carbocycles. The molecule has 0 bridgehead atoms. The van der Waals surface area contributed by atoms with Crippen molar-refractivity contribution >= 4 is 0 Å². The smallest absolute Gasteiger partial charge is 0.151 e. The Hall–Kier alpha value is -0.160. The summed E-state index contributed by atoms with van der Waals surface area (Å²) in [6.07, 6.45) is 1.97. The molecule has 0 amide bonds. The molecule has 84 valence electrons. The standard InChI is InChI=1S/C10H21NO3/c1-10(12)14-9-8-13-7-6-11-4-2-3-5-11/h10,12H,2-9H2,1H3. The molecule has 1 heterocycles. The van der Waals surface area contributed by atoms with Gasteiger partial charge in [0.25, 0.3) is 0 Å². The summed E-state index contributed by atoms with van der Waals surface area (Å²) in [6, 6.07) is 0. The van der Waals surface area contributed by atoms with E-state index >= 15 is 0 Å². The van der Waals surface area contributed by atoms with Crippen LogP contribution in [0.2, 0.25) is 0 Å². The van der Waals surface area contributed by atoms with Gasteiger partial charge in [-0.25, -0.2) is 0 Å². The van der Waals surface area contributed by atoms with Gasteiger partial charge in [-0.2, -0.15) is 0 Å². The van der Waals surface area contributed by atoms with Gasteiger partial charge in [-0.1, -0.05) is 0 Å². The van der Waals surface area contributed by atoms with Crippen LogP contribution in [0.15, 0.2) is 0 Å². The average molecular weight is 203 g/mol. The van der Waals surface area contributed by atoms with E-state index in [4.69, 9.17) is 14.6 Å². The summed E-state index contributed by atoms with van der Waals surface area (Å²) in [5.74, 6) is 0. The zero-order valence-electron chi connectivity index (χ0n) is 8.95. The summed E-state index contributed by atoms with van der Waals surface area (Å²) in [5.41, 5.74) is 0. The lowest BCUT2D eigenvalue weighted by Crippen LogP contribution is -2.24. The minimum absolute atomic E-state index is 0.470. The zero-order chi connectivity index (χ0) is 10.2. The second-order valence-electron chi connectivity index (χ2n) is 3.63. The number of rotatable bonds is 7. The van der Waals surface area contributed by atoms with Crippen LogP contribution < -0.4 is 0 Å². The van der Waals surface area contributed by atoms with Crippen molar-refractivity contribution in [2.24, 2.45) is 0 Å². The van der Waals surface area contributed by atoms with Gasteiger partial charge in [0.15, 0.2) is 6.29 Å². The number of hydrogen-bond donors (Lipinski definition) is 1. The molecule has 4 heteroatoms. The van der Waals surface area contributed by atoms with Gasteiger partial charge in [-0.05, 0) is 32.9 Å². The summed E-state index contributed by atoms with van der Waals surface area (Å²) in [4.78, 5) is 2.41. The van der Waals surface area contributed by atoms with Crippen LogP contribution in [0.5, 0.6) is 0 Å². The Labute approximate surface area is 85.8 Å². The number of aliphatic hydroxyl groups excluding tert-OH is 1. The monoisotopic (exact) mass is 203 g/mol. The lowest BCUT2D eigenvalue weighted by molar-refractivity contribution is -0.0998. The molecule has 1 aliphatic heterocycles. The van der Waals surface area contributed by atoms with Crippen LogP contribution in [-0.2, 0) is 9.47 Å². The van der Waals surface area contributed by atoms with E-state index in [0.717, 1.165) is 13.2 Å². The molecule has 0 spiro atoms. The predicted octanol–water partition coefficient (Wildman–Crippen LogP) is 0.454. The lowest BCUT2D eigenvalue weighted by Gasteiger charge is -2.14. The molecule has 0 aromatic carbocycles. The molecule has 0 radical (unpaired) electrons. The van der Waals surface area contributed by atoms with E-state index in [1.165, 1.54) is 25.9 Å². The third kappa shape index (κ3) is 5.54. The number of nitrogens with zero attached hydrogens (tertiary/aromatic N) is 1. The normalized spacial score (nSPS) is 20.1. The molecule has 14 heavy (non-hydrogen) atoms. The first-order valence-corrected chi connectivity index (χ1v) is 5.39. The molecule has 1 aliphatic rings. The van der Waals surface area contributed by atoms with Gasteiger partial charge < -0.3 is 19.5 Å². The van der Waals surface area contributed by atoms with Crippen LogP contribution in [-0.4, -0.2) is 55.8 Å². The van der Waals surface area contributed by atoms with Gasteiger partial charge in [0.2, 0.25) is 0 Å². The Morgan fingerprint density at radius 1 is 1.21 bits per heavy atom. The van der Waals surface area contributed by atoms with E-state index in [1.54, 1.807) is 6.92 Å². The van der Waals surface area contributed by atoms with E-state index in [0.29, 0.717) is 13.2 Å². The number of likely N-dealkylation sites (tertiary alicyclic amines) is 1. The molecule has 1 fully saturated rings. The van der Waals surface area contributed by atoms with Crippen LogP contribution in [0.4, 0.5) is 0 Å². The highest BCUT2D eigenvalue weighted by Crippen LogP contribution is 2.05. The second kappa shape index (κ2) is 7.17. The molecule has 0 aliphatic carbocycles. The zero-order valence-corrected chi connectivity index (χ0v) is 8.95. The van der Waals surface area contributed by atoms with Crippen molar-refractivity contribution in [2.75, 3.05) is 39.5 Å². The first kappa shape index (κ1) is 11.9. The molecule has 1 unspecified atom stereocenters. The third-order valence-electron chi connectivity index (χ3n) is 2.34. The first-order valence-electron chi connectivity index (χ1n) is 5.39. The van der Waals surface area contributed by atoms with Crippen LogP contribution in [0, 0.1) is 0 Å². The third-order valence-corrected chi connectivity index (χ3v) is 2.34. The van der Waals surface area contributed by atoms with Crippen LogP contribution >= 0.6 is 0 Å². The number of aliphatic hydroxyl groups is 1. The maximum absolute atomic E-state index is 8.80. The minimum atomic E-state index is -0.683. The van der Waals surface area contributed by atoms with Crippen LogP contribution in [0.3, 0.4) is 0 Å². The van der Waals surface area contributed by atoms with Gasteiger partial charge in [0.1, 0.15) is 0 Å². The molecular weight excluding hydrogens is 182 g/mol. The van der Waals surface area contributed by atoms with Crippen molar-refractivity contribution in [1.82, 2.24) is 4.90 Å². The van der Waals surface area contributed by atoms with Gasteiger partial charge in [0, 0.05) is 6.54 Å². The van der Waals surface area contributed by atoms with E-state index < -0.39 is 6.29 Å². The fraction of sp³-hybridized carbons (Fsp3) is 1.00. The molecule has 0 aromatic rings. The van der Waals surface area contributed by atoms with Gasteiger partial charge in [0.05, 0.1) is 19.8 Å². The van der Waals surface area contributed by atoms with E-state index in [-0.39, 0.29) is 0 Å². The molecule has 4 nitrogen and oxygen atoms in total. The molecule has 0 aromatic heterocycles. The average Bonchev–Trinajstić information content (AvgIpc) is 2.63. The molecule has 1 saturated heterocycles. The summed E-state index contributed by atoms with van der Waals surface area (Å²) >= 11 is 0.